The van der Waals surface area contributed by atoms with Crippen LogP contribution in [-0.4, -0.2) is 64.3 Å². The molecule has 1 aliphatic heterocycles. The molecule has 0 aliphatic carbocycles. The summed E-state index contributed by atoms with van der Waals surface area (Å²) in [5.74, 6) is 0.356. The third-order valence-corrected chi connectivity index (χ3v) is 5.53. The standard InChI is InChI=1S/C24H30N2O5.ClH/c1-16(27)31-23-19(17-9-11-18(29-4)12-10-17)15-20-21(7-6-8-22(20)30-5)26(24(23)28)14-13-25(2)3;/h6-12,19,23H,13-15H2,1-5H3;1H/t19-,23+;/m0./s1. The molecule has 0 saturated carbocycles. The van der Waals surface area contributed by atoms with E-state index < -0.39 is 12.1 Å². The van der Waals surface area contributed by atoms with Gasteiger partial charge in [-0.05, 0) is 50.3 Å². The van der Waals surface area contributed by atoms with E-state index in [-0.39, 0.29) is 24.2 Å². The summed E-state index contributed by atoms with van der Waals surface area (Å²) in [6, 6.07) is 13.2. The van der Waals surface area contributed by atoms with Crippen molar-refractivity contribution in [3.8, 4) is 11.5 Å². The van der Waals surface area contributed by atoms with Gasteiger partial charge in [0, 0.05) is 31.5 Å². The van der Waals surface area contributed by atoms with Crippen molar-refractivity contribution in [2.24, 2.45) is 0 Å². The Morgan fingerprint density at radius 2 is 1.78 bits per heavy atom. The van der Waals surface area contributed by atoms with E-state index in [0.717, 1.165) is 22.6 Å². The summed E-state index contributed by atoms with van der Waals surface area (Å²) in [6.45, 7) is 2.47. The van der Waals surface area contributed by atoms with Gasteiger partial charge in [-0.25, -0.2) is 0 Å². The molecule has 0 spiro atoms. The molecule has 2 aromatic carbocycles. The van der Waals surface area contributed by atoms with E-state index in [9.17, 15) is 9.59 Å². The zero-order valence-corrected chi connectivity index (χ0v) is 20.0. The number of hydrogen-bond acceptors (Lipinski definition) is 6. The van der Waals surface area contributed by atoms with Crippen molar-refractivity contribution in [3.63, 3.8) is 0 Å². The van der Waals surface area contributed by atoms with E-state index in [1.807, 2.05) is 61.5 Å². The Morgan fingerprint density at radius 1 is 1.09 bits per heavy atom. The maximum atomic E-state index is 13.7. The molecule has 3 rings (SSSR count). The number of hydrogen-bond donors (Lipinski definition) is 0. The minimum Gasteiger partial charge on any atom is -0.497 e. The van der Waals surface area contributed by atoms with Crippen LogP contribution in [0.2, 0.25) is 0 Å². The van der Waals surface area contributed by atoms with E-state index in [2.05, 4.69) is 0 Å². The van der Waals surface area contributed by atoms with Gasteiger partial charge in [0.1, 0.15) is 11.5 Å². The predicted octanol–water partition coefficient (Wildman–Crippen LogP) is 3.29. The fourth-order valence-corrected chi connectivity index (χ4v) is 3.96. The van der Waals surface area contributed by atoms with Gasteiger partial charge >= 0.3 is 5.97 Å². The third-order valence-electron chi connectivity index (χ3n) is 5.53. The van der Waals surface area contributed by atoms with Crippen molar-refractivity contribution in [2.75, 3.05) is 46.3 Å². The molecule has 2 atom stereocenters. The van der Waals surface area contributed by atoms with Crippen LogP contribution in [0.5, 0.6) is 11.5 Å². The Hall–Kier alpha value is -2.77. The highest BCUT2D eigenvalue weighted by Gasteiger charge is 2.41. The minimum atomic E-state index is -0.940. The summed E-state index contributed by atoms with van der Waals surface area (Å²) >= 11 is 0. The van der Waals surface area contributed by atoms with Gasteiger partial charge < -0.3 is 24.0 Å². The Morgan fingerprint density at radius 3 is 2.34 bits per heavy atom. The molecule has 8 heteroatoms. The smallest absolute Gasteiger partial charge is 0.303 e. The highest BCUT2D eigenvalue weighted by Crippen LogP contribution is 2.40. The summed E-state index contributed by atoms with van der Waals surface area (Å²) in [4.78, 5) is 29.4. The lowest BCUT2D eigenvalue weighted by atomic mass is 9.87. The predicted molar refractivity (Wildman–Crippen MR) is 126 cm³/mol. The zero-order valence-electron chi connectivity index (χ0n) is 19.2. The molecular weight excluding hydrogens is 432 g/mol. The van der Waals surface area contributed by atoms with E-state index in [4.69, 9.17) is 14.2 Å². The molecular formula is C24H31ClN2O5. The van der Waals surface area contributed by atoms with Crippen molar-refractivity contribution in [1.29, 1.82) is 0 Å². The molecule has 0 bridgehead atoms. The first kappa shape index (κ1) is 25.5. The highest BCUT2D eigenvalue weighted by atomic mass is 35.5. The number of likely N-dealkylation sites (N-methyl/N-ethyl adjacent to an activating group) is 1. The monoisotopic (exact) mass is 462 g/mol. The average molecular weight is 463 g/mol. The number of amides is 1. The molecule has 1 heterocycles. The number of benzene rings is 2. The summed E-state index contributed by atoms with van der Waals surface area (Å²) in [6.07, 6.45) is -0.446. The highest BCUT2D eigenvalue weighted by molar-refractivity contribution is 6.00. The fourth-order valence-electron chi connectivity index (χ4n) is 3.96. The van der Waals surface area contributed by atoms with E-state index in [1.54, 1.807) is 19.1 Å². The minimum absolute atomic E-state index is 0. The third kappa shape index (κ3) is 5.53. The lowest BCUT2D eigenvalue weighted by Gasteiger charge is -2.29. The second-order valence-electron chi connectivity index (χ2n) is 7.86. The van der Waals surface area contributed by atoms with Gasteiger partial charge in [0.2, 0.25) is 0 Å². The lowest BCUT2D eigenvalue weighted by molar-refractivity contribution is -0.154. The van der Waals surface area contributed by atoms with Crippen LogP contribution < -0.4 is 14.4 Å². The number of rotatable bonds is 7. The first-order valence-corrected chi connectivity index (χ1v) is 10.3. The Labute approximate surface area is 195 Å². The van der Waals surface area contributed by atoms with E-state index in [1.165, 1.54) is 6.92 Å². The molecule has 0 aromatic heterocycles. The molecule has 174 valence electrons. The normalized spacial score (nSPS) is 17.8. The maximum absolute atomic E-state index is 13.7. The number of methoxy groups -OCH3 is 2. The van der Waals surface area contributed by atoms with Gasteiger partial charge in [-0.3, -0.25) is 9.59 Å². The quantitative estimate of drug-likeness (QED) is 0.588. The molecule has 0 radical (unpaired) electrons. The van der Waals surface area contributed by atoms with Crippen molar-refractivity contribution in [1.82, 2.24) is 4.90 Å². The SMILES string of the molecule is COc1ccc([C@@H]2Cc3c(OC)cccc3N(CCN(C)C)C(=O)[C@@H]2OC(C)=O)cc1.Cl. The summed E-state index contributed by atoms with van der Waals surface area (Å²) in [5.41, 5.74) is 2.61. The average Bonchev–Trinajstić information content (AvgIpc) is 2.86. The van der Waals surface area contributed by atoms with E-state index >= 15 is 0 Å². The van der Waals surface area contributed by atoms with Gasteiger partial charge in [-0.15, -0.1) is 12.4 Å². The van der Waals surface area contributed by atoms with Gasteiger partial charge in [0.25, 0.3) is 5.91 Å². The first-order valence-electron chi connectivity index (χ1n) is 10.3. The number of nitrogens with zero attached hydrogens (tertiary/aromatic N) is 2. The number of esters is 1. The Bertz CT molecular complexity index is 932. The number of fused-ring (bicyclic) bond motifs is 1. The van der Waals surface area contributed by atoms with Crippen LogP contribution in [0.3, 0.4) is 0 Å². The molecule has 1 aliphatic rings. The van der Waals surface area contributed by atoms with E-state index in [0.29, 0.717) is 25.3 Å². The lowest BCUT2D eigenvalue weighted by Crippen LogP contribution is -2.45. The molecule has 1 amide bonds. The molecule has 32 heavy (non-hydrogen) atoms. The van der Waals surface area contributed by atoms with Crippen molar-refractivity contribution in [3.05, 3.63) is 53.6 Å². The topological polar surface area (TPSA) is 68.3 Å². The summed E-state index contributed by atoms with van der Waals surface area (Å²) in [5, 5.41) is 0. The molecule has 2 aromatic rings. The molecule has 0 saturated heterocycles. The van der Waals surface area contributed by atoms with Crippen molar-refractivity contribution in [2.45, 2.75) is 25.4 Å². The number of anilines is 1. The fraction of sp³-hybridized carbons (Fsp3) is 0.417. The van der Waals surface area contributed by atoms with Crippen LogP contribution in [0.15, 0.2) is 42.5 Å². The number of ether oxygens (including phenoxy) is 3. The van der Waals surface area contributed by atoms with Gasteiger partial charge in [-0.2, -0.15) is 0 Å². The second kappa shape index (κ2) is 11.2. The van der Waals surface area contributed by atoms with Crippen LogP contribution in [-0.2, 0) is 20.7 Å². The van der Waals surface area contributed by atoms with Crippen molar-refractivity contribution >= 4 is 30.0 Å². The molecule has 0 N–H and O–H groups in total. The second-order valence-corrected chi connectivity index (χ2v) is 7.86. The van der Waals surface area contributed by atoms with Gasteiger partial charge in [0.05, 0.1) is 19.9 Å². The Balaban J connectivity index is 0.00000363. The van der Waals surface area contributed by atoms with Crippen LogP contribution in [0, 0.1) is 0 Å². The number of carbonyl (C=O) groups is 2. The largest absolute Gasteiger partial charge is 0.497 e. The maximum Gasteiger partial charge on any atom is 0.303 e. The molecule has 0 unspecified atom stereocenters. The summed E-state index contributed by atoms with van der Waals surface area (Å²) < 4.78 is 16.5. The molecule has 7 nitrogen and oxygen atoms in total. The van der Waals surface area contributed by atoms with Crippen molar-refractivity contribution < 1.29 is 23.8 Å². The molecule has 0 fully saturated rings. The van der Waals surface area contributed by atoms with Crippen LogP contribution >= 0.6 is 12.4 Å². The summed E-state index contributed by atoms with van der Waals surface area (Å²) in [7, 11) is 7.14. The number of halogens is 1. The van der Waals surface area contributed by atoms with Crippen LogP contribution in [0.1, 0.15) is 24.0 Å². The van der Waals surface area contributed by atoms with Gasteiger partial charge in [-0.1, -0.05) is 18.2 Å². The zero-order chi connectivity index (χ0) is 22.5. The number of carbonyl (C=O) groups excluding carboxylic acids is 2. The van der Waals surface area contributed by atoms with Crippen LogP contribution in [0.25, 0.3) is 0 Å². The first-order chi connectivity index (χ1) is 14.8. The Kier molecular flexibility index (Phi) is 8.92. The van der Waals surface area contributed by atoms with Gasteiger partial charge in [0.15, 0.2) is 6.10 Å². The van der Waals surface area contributed by atoms with Crippen LogP contribution in [0.4, 0.5) is 5.69 Å².